The number of aliphatic imine (C=N–C) groups is 1. The summed E-state index contributed by atoms with van der Waals surface area (Å²) in [6.45, 7) is 13.9. The molecule has 2 heterocycles. The lowest BCUT2D eigenvalue weighted by molar-refractivity contribution is 0.116. The fourth-order valence-corrected chi connectivity index (χ4v) is 3.06. The van der Waals surface area contributed by atoms with Crippen molar-refractivity contribution in [3.8, 4) is 0 Å². The molecule has 2 rings (SSSR count). The van der Waals surface area contributed by atoms with Crippen LogP contribution in [-0.2, 0) is 4.74 Å². The Hall–Kier alpha value is -1.56. The summed E-state index contributed by atoms with van der Waals surface area (Å²) in [5.41, 5.74) is 0. The van der Waals surface area contributed by atoms with Crippen molar-refractivity contribution in [1.29, 1.82) is 0 Å². The SMILES string of the molecule is CCNC(=NCCOCC(C)C)N1CCC(C)C(n2ccnc2)C1. The molecule has 1 aromatic heterocycles. The smallest absolute Gasteiger partial charge is 0.194 e. The van der Waals surface area contributed by atoms with Crippen LogP contribution in [0, 0.1) is 11.8 Å². The summed E-state index contributed by atoms with van der Waals surface area (Å²) in [7, 11) is 0. The lowest BCUT2D eigenvalue weighted by Gasteiger charge is -2.39. The Morgan fingerprint density at radius 1 is 1.46 bits per heavy atom. The number of aromatic nitrogens is 2. The van der Waals surface area contributed by atoms with Crippen molar-refractivity contribution in [2.45, 2.75) is 40.2 Å². The highest BCUT2D eigenvalue weighted by Gasteiger charge is 2.28. The monoisotopic (exact) mass is 335 g/mol. The first-order valence-corrected chi connectivity index (χ1v) is 9.20. The third-order valence-corrected chi connectivity index (χ3v) is 4.41. The Labute approximate surface area is 146 Å². The summed E-state index contributed by atoms with van der Waals surface area (Å²) >= 11 is 0. The molecule has 1 aromatic rings. The molecule has 1 fully saturated rings. The Morgan fingerprint density at radius 2 is 2.29 bits per heavy atom. The molecule has 0 aliphatic carbocycles. The lowest BCUT2D eigenvalue weighted by Crippen LogP contribution is -2.49. The van der Waals surface area contributed by atoms with E-state index in [-0.39, 0.29) is 0 Å². The van der Waals surface area contributed by atoms with E-state index in [0.717, 1.165) is 38.6 Å². The van der Waals surface area contributed by atoms with Crippen molar-refractivity contribution in [2.24, 2.45) is 16.8 Å². The third kappa shape index (κ3) is 5.51. The molecule has 2 unspecified atom stereocenters. The van der Waals surface area contributed by atoms with E-state index in [1.54, 1.807) is 0 Å². The summed E-state index contributed by atoms with van der Waals surface area (Å²) in [6, 6.07) is 0.447. The predicted octanol–water partition coefficient (Wildman–Crippen LogP) is 2.40. The van der Waals surface area contributed by atoms with Crippen LogP contribution in [0.15, 0.2) is 23.7 Å². The van der Waals surface area contributed by atoms with E-state index in [2.05, 4.69) is 53.7 Å². The van der Waals surface area contributed by atoms with Crippen molar-refractivity contribution in [3.05, 3.63) is 18.7 Å². The largest absolute Gasteiger partial charge is 0.379 e. The number of hydrogen-bond donors (Lipinski definition) is 1. The van der Waals surface area contributed by atoms with E-state index in [1.165, 1.54) is 0 Å². The van der Waals surface area contributed by atoms with Gasteiger partial charge >= 0.3 is 0 Å². The molecule has 1 saturated heterocycles. The van der Waals surface area contributed by atoms with E-state index < -0.39 is 0 Å². The summed E-state index contributed by atoms with van der Waals surface area (Å²) in [6.07, 6.45) is 7.01. The Morgan fingerprint density at radius 3 is 2.96 bits per heavy atom. The first-order valence-electron chi connectivity index (χ1n) is 9.20. The van der Waals surface area contributed by atoms with Crippen molar-refractivity contribution >= 4 is 5.96 Å². The van der Waals surface area contributed by atoms with Crippen molar-refractivity contribution in [2.75, 3.05) is 39.4 Å². The lowest BCUT2D eigenvalue weighted by atomic mass is 9.93. The minimum atomic E-state index is 0.447. The van der Waals surface area contributed by atoms with Crippen LogP contribution < -0.4 is 5.32 Å². The molecule has 0 spiro atoms. The second kappa shape index (κ2) is 9.67. The average molecular weight is 335 g/mol. The normalized spacial score (nSPS) is 22.2. The van der Waals surface area contributed by atoms with Crippen LogP contribution in [0.1, 0.15) is 40.2 Å². The molecule has 2 atom stereocenters. The van der Waals surface area contributed by atoms with Crippen LogP contribution in [0.3, 0.4) is 0 Å². The van der Waals surface area contributed by atoms with E-state index in [1.807, 2.05) is 12.5 Å². The number of hydrogen-bond acceptors (Lipinski definition) is 3. The van der Waals surface area contributed by atoms with E-state index in [4.69, 9.17) is 9.73 Å². The number of imidazole rings is 1. The van der Waals surface area contributed by atoms with Gasteiger partial charge in [0.25, 0.3) is 0 Å². The zero-order valence-corrected chi connectivity index (χ0v) is 15.6. The number of likely N-dealkylation sites (tertiary alicyclic amines) is 1. The molecule has 1 N–H and O–H groups in total. The zero-order chi connectivity index (χ0) is 17.4. The standard InChI is InChI=1S/C18H33N5O/c1-5-20-18(21-8-11-24-13-15(2)3)22-9-6-16(4)17(12-22)23-10-7-19-14-23/h7,10,14-17H,5-6,8-9,11-13H2,1-4H3,(H,20,21). The number of rotatable bonds is 7. The van der Waals surface area contributed by atoms with Gasteiger partial charge in [0, 0.05) is 38.6 Å². The van der Waals surface area contributed by atoms with Crippen LogP contribution in [-0.4, -0.2) is 59.8 Å². The van der Waals surface area contributed by atoms with Crippen molar-refractivity contribution in [3.63, 3.8) is 0 Å². The highest BCUT2D eigenvalue weighted by Crippen LogP contribution is 2.27. The van der Waals surface area contributed by atoms with Crippen LogP contribution in [0.2, 0.25) is 0 Å². The molecular formula is C18H33N5O. The summed E-state index contributed by atoms with van der Waals surface area (Å²) < 4.78 is 7.87. The topological polar surface area (TPSA) is 54.7 Å². The van der Waals surface area contributed by atoms with Gasteiger partial charge in [-0.15, -0.1) is 0 Å². The van der Waals surface area contributed by atoms with Gasteiger partial charge in [0.15, 0.2) is 5.96 Å². The van der Waals surface area contributed by atoms with Gasteiger partial charge in [-0.25, -0.2) is 4.98 Å². The second-order valence-corrected chi connectivity index (χ2v) is 6.99. The van der Waals surface area contributed by atoms with Gasteiger partial charge in [-0.1, -0.05) is 20.8 Å². The van der Waals surface area contributed by atoms with Crippen LogP contribution >= 0.6 is 0 Å². The first kappa shape index (κ1) is 18.8. The predicted molar refractivity (Wildman–Crippen MR) is 98.3 cm³/mol. The molecule has 24 heavy (non-hydrogen) atoms. The third-order valence-electron chi connectivity index (χ3n) is 4.41. The molecule has 0 radical (unpaired) electrons. The number of guanidine groups is 1. The van der Waals surface area contributed by atoms with E-state index >= 15 is 0 Å². The molecule has 6 heteroatoms. The molecule has 0 amide bonds. The zero-order valence-electron chi connectivity index (χ0n) is 15.6. The Bertz CT molecular complexity index is 486. The van der Waals surface area contributed by atoms with Gasteiger partial charge in [-0.2, -0.15) is 0 Å². The molecular weight excluding hydrogens is 302 g/mol. The number of nitrogens with one attached hydrogen (secondary N) is 1. The van der Waals surface area contributed by atoms with Crippen LogP contribution in [0.5, 0.6) is 0 Å². The fourth-order valence-electron chi connectivity index (χ4n) is 3.06. The van der Waals surface area contributed by atoms with Gasteiger partial charge in [0.1, 0.15) is 0 Å². The fraction of sp³-hybridized carbons (Fsp3) is 0.778. The van der Waals surface area contributed by atoms with E-state index in [9.17, 15) is 0 Å². The Kier molecular flexibility index (Phi) is 7.56. The van der Waals surface area contributed by atoms with Gasteiger partial charge in [-0.3, -0.25) is 4.99 Å². The molecule has 0 bridgehead atoms. The van der Waals surface area contributed by atoms with Gasteiger partial charge in [0.2, 0.25) is 0 Å². The minimum absolute atomic E-state index is 0.447. The molecule has 1 aliphatic heterocycles. The second-order valence-electron chi connectivity index (χ2n) is 6.99. The minimum Gasteiger partial charge on any atom is -0.379 e. The molecule has 0 saturated carbocycles. The summed E-state index contributed by atoms with van der Waals surface area (Å²) in [5.74, 6) is 2.22. The molecule has 6 nitrogen and oxygen atoms in total. The highest BCUT2D eigenvalue weighted by molar-refractivity contribution is 5.80. The summed E-state index contributed by atoms with van der Waals surface area (Å²) in [4.78, 5) is 11.3. The Balaban J connectivity index is 1.94. The van der Waals surface area contributed by atoms with Crippen LogP contribution in [0.25, 0.3) is 0 Å². The maximum absolute atomic E-state index is 5.64. The molecule has 1 aliphatic rings. The molecule has 0 aromatic carbocycles. The number of nitrogens with zero attached hydrogens (tertiary/aromatic N) is 4. The van der Waals surface area contributed by atoms with Gasteiger partial charge < -0.3 is 19.5 Å². The first-order chi connectivity index (χ1) is 11.6. The maximum Gasteiger partial charge on any atom is 0.194 e. The van der Waals surface area contributed by atoms with Gasteiger partial charge in [-0.05, 0) is 25.2 Å². The summed E-state index contributed by atoms with van der Waals surface area (Å²) in [5, 5.41) is 3.43. The number of ether oxygens (including phenoxy) is 1. The number of piperidine rings is 1. The van der Waals surface area contributed by atoms with E-state index in [0.29, 0.717) is 31.0 Å². The molecule has 136 valence electrons. The van der Waals surface area contributed by atoms with Crippen molar-refractivity contribution < 1.29 is 4.74 Å². The maximum atomic E-state index is 5.64. The quantitative estimate of drug-likeness (QED) is 0.472. The highest BCUT2D eigenvalue weighted by atomic mass is 16.5. The van der Waals surface area contributed by atoms with Crippen molar-refractivity contribution in [1.82, 2.24) is 19.8 Å². The van der Waals surface area contributed by atoms with Crippen LogP contribution in [0.4, 0.5) is 0 Å². The van der Waals surface area contributed by atoms with Gasteiger partial charge in [0.05, 0.1) is 25.5 Å². The average Bonchev–Trinajstić information content (AvgIpc) is 3.08.